The summed E-state index contributed by atoms with van der Waals surface area (Å²) < 4.78 is 2.95. The van der Waals surface area contributed by atoms with Crippen LogP contribution in [-0.4, -0.2) is 45.9 Å². The van der Waals surface area contributed by atoms with Crippen molar-refractivity contribution in [3.05, 3.63) is 28.6 Å². The van der Waals surface area contributed by atoms with E-state index < -0.39 is 0 Å². The van der Waals surface area contributed by atoms with E-state index in [-0.39, 0.29) is 17.6 Å². The van der Waals surface area contributed by atoms with Gasteiger partial charge in [0.25, 0.3) is 5.91 Å². The van der Waals surface area contributed by atoms with Crippen molar-refractivity contribution in [3.8, 4) is 12.3 Å². The van der Waals surface area contributed by atoms with Gasteiger partial charge in [-0.15, -0.1) is 18.2 Å². The molecule has 0 radical (unpaired) electrons. The molecule has 1 aliphatic rings. The molecule has 2 heterocycles. The lowest BCUT2D eigenvalue weighted by atomic mass is 10.2. The van der Waals surface area contributed by atoms with Crippen LogP contribution in [0.1, 0.15) is 18.4 Å². The maximum atomic E-state index is 12.2. The second-order valence-corrected chi connectivity index (χ2v) is 8.23. The number of benzene rings is 1. The fraction of sp³-hybridized carbons (Fsp3) is 0.421. The van der Waals surface area contributed by atoms with Crippen molar-refractivity contribution in [1.29, 1.82) is 0 Å². The quantitative estimate of drug-likeness (QED) is 0.741. The largest absolute Gasteiger partial charge is 0.342 e. The summed E-state index contributed by atoms with van der Waals surface area (Å²) in [4.78, 5) is 31.0. The van der Waals surface area contributed by atoms with Crippen molar-refractivity contribution in [2.45, 2.75) is 26.3 Å². The van der Waals surface area contributed by atoms with Gasteiger partial charge in [-0.05, 0) is 37.5 Å². The van der Waals surface area contributed by atoms with Crippen molar-refractivity contribution in [2.24, 2.45) is 4.99 Å². The summed E-state index contributed by atoms with van der Waals surface area (Å²) in [6.45, 7) is 4.08. The van der Waals surface area contributed by atoms with Crippen LogP contribution in [0.3, 0.4) is 0 Å². The van der Waals surface area contributed by atoms with Gasteiger partial charge in [-0.25, -0.2) is 0 Å². The number of carbonyl (C=O) groups is 2. The first-order chi connectivity index (χ1) is 12.6. The molecule has 0 spiro atoms. The van der Waals surface area contributed by atoms with Crippen molar-refractivity contribution < 1.29 is 9.59 Å². The molecular weight excluding hydrogens is 366 g/mol. The molecule has 0 aliphatic carbocycles. The van der Waals surface area contributed by atoms with Crippen LogP contribution >= 0.6 is 23.1 Å². The molecule has 1 aromatic carbocycles. The number of hydrogen-bond acceptors (Lipinski definition) is 4. The maximum Gasteiger partial charge on any atom is 0.258 e. The summed E-state index contributed by atoms with van der Waals surface area (Å²) in [5.41, 5.74) is 2.14. The third-order valence-corrected chi connectivity index (χ3v) is 6.16. The number of thiazole rings is 1. The number of terminal acetylenes is 1. The molecule has 7 heteroatoms. The van der Waals surface area contributed by atoms with Crippen LogP contribution < -0.4 is 4.80 Å². The Kier molecular flexibility index (Phi) is 6.17. The van der Waals surface area contributed by atoms with Crippen LogP contribution in [0.4, 0.5) is 0 Å². The van der Waals surface area contributed by atoms with Crippen LogP contribution in [-0.2, 0) is 16.1 Å². The standard InChI is InChI=1S/C19H21N3O2S2/c1-3-8-22-15-7-6-14(2)11-16(15)26-19(22)20-17(23)12-25-13-18(24)21-9-4-5-10-21/h1,6-7,11H,4-5,8-10,12-13H2,2H3. The Morgan fingerprint density at radius 3 is 2.81 bits per heavy atom. The van der Waals surface area contributed by atoms with Crippen molar-refractivity contribution in [1.82, 2.24) is 9.47 Å². The van der Waals surface area contributed by atoms with Crippen molar-refractivity contribution in [3.63, 3.8) is 0 Å². The molecule has 0 N–H and O–H groups in total. The molecular formula is C19H21N3O2S2. The fourth-order valence-corrected chi connectivity index (χ4v) is 4.78. The third-order valence-electron chi connectivity index (χ3n) is 4.22. The van der Waals surface area contributed by atoms with Crippen molar-refractivity contribution in [2.75, 3.05) is 24.6 Å². The van der Waals surface area contributed by atoms with E-state index in [1.54, 1.807) is 0 Å². The molecule has 1 aliphatic heterocycles. The van der Waals surface area contributed by atoms with Gasteiger partial charge in [0.1, 0.15) is 0 Å². The summed E-state index contributed by atoms with van der Waals surface area (Å²) in [7, 11) is 0. The number of carbonyl (C=O) groups excluding carboxylic acids is 2. The Balaban J connectivity index is 1.70. The molecule has 26 heavy (non-hydrogen) atoms. The highest BCUT2D eigenvalue weighted by molar-refractivity contribution is 8.00. The summed E-state index contributed by atoms with van der Waals surface area (Å²) >= 11 is 2.79. The Morgan fingerprint density at radius 2 is 2.08 bits per heavy atom. The predicted molar refractivity (Wildman–Crippen MR) is 107 cm³/mol. The molecule has 0 bridgehead atoms. The number of rotatable bonds is 5. The molecule has 3 rings (SSSR count). The van der Waals surface area contributed by atoms with E-state index in [1.807, 2.05) is 28.5 Å². The van der Waals surface area contributed by atoms with Gasteiger partial charge in [0.15, 0.2) is 4.80 Å². The minimum absolute atomic E-state index is 0.111. The molecule has 2 aromatic rings. The van der Waals surface area contributed by atoms with Gasteiger partial charge in [0.2, 0.25) is 5.91 Å². The highest BCUT2D eigenvalue weighted by Crippen LogP contribution is 2.19. The normalized spacial score (nSPS) is 14.8. The van der Waals surface area contributed by atoms with Crippen LogP contribution in [0.15, 0.2) is 23.2 Å². The average Bonchev–Trinajstić information content (AvgIpc) is 3.24. The Morgan fingerprint density at radius 1 is 1.31 bits per heavy atom. The molecule has 1 saturated heterocycles. The second kappa shape index (κ2) is 8.56. The zero-order valence-corrected chi connectivity index (χ0v) is 16.4. The lowest BCUT2D eigenvalue weighted by Crippen LogP contribution is -2.29. The van der Waals surface area contributed by atoms with Crippen LogP contribution in [0.2, 0.25) is 0 Å². The Hall–Kier alpha value is -2.04. The highest BCUT2D eigenvalue weighted by Gasteiger charge is 2.17. The zero-order chi connectivity index (χ0) is 18.5. The average molecular weight is 388 g/mol. The Bertz CT molecular complexity index is 930. The minimum atomic E-state index is -0.238. The first-order valence-corrected chi connectivity index (χ1v) is 10.5. The van der Waals surface area contributed by atoms with E-state index in [0.29, 0.717) is 17.1 Å². The van der Waals surface area contributed by atoms with Gasteiger partial charge < -0.3 is 9.47 Å². The number of likely N-dealkylation sites (tertiary alicyclic amines) is 1. The van der Waals surface area contributed by atoms with E-state index in [1.165, 1.54) is 23.1 Å². The molecule has 2 amide bonds. The number of aryl methyl sites for hydroxylation is 1. The van der Waals surface area contributed by atoms with E-state index in [9.17, 15) is 9.59 Å². The summed E-state index contributed by atoms with van der Waals surface area (Å²) in [5.74, 6) is 3.02. The third kappa shape index (κ3) is 4.37. The first-order valence-electron chi connectivity index (χ1n) is 8.55. The van der Waals surface area contributed by atoms with Gasteiger partial charge in [0, 0.05) is 13.1 Å². The minimum Gasteiger partial charge on any atom is -0.342 e. The summed E-state index contributed by atoms with van der Waals surface area (Å²) in [6.07, 6.45) is 7.62. The fourth-order valence-electron chi connectivity index (χ4n) is 2.93. The zero-order valence-electron chi connectivity index (χ0n) is 14.7. The van der Waals surface area contributed by atoms with E-state index in [2.05, 4.69) is 17.0 Å². The summed E-state index contributed by atoms with van der Waals surface area (Å²) in [6, 6.07) is 6.10. The number of nitrogens with zero attached hydrogens (tertiary/aromatic N) is 3. The second-order valence-electron chi connectivity index (χ2n) is 6.23. The molecule has 0 atom stereocenters. The van der Waals surface area contributed by atoms with Gasteiger partial charge in [0.05, 0.1) is 28.3 Å². The lowest BCUT2D eigenvalue weighted by molar-refractivity contribution is -0.127. The smallest absolute Gasteiger partial charge is 0.258 e. The van der Waals surface area contributed by atoms with E-state index in [0.717, 1.165) is 41.7 Å². The number of hydrogen-bond donors (Lipinski definition) is 0. The molecule has 0 saturated carbocycles. The number of amides is 2. The molecule has 1 fully saturated rings. The van der Waals surface area contributed by atoms with Crippen LogP contribution in [0.5, 0.6) is 0 Å². The van der Waals surface area contributed by atoms with Crippen molar-refractivity contribution >= 4 is 45.1 Å². The van der Waals surface area contributed by atoms with Gasteiger partial charge in [-0.1, -0.05) is 23.3 Å². The van der Waals surface area contributed by atoms with Crippen LogP contribution in [0, 0.1) is 19.3 Å². The lowest BCUT2D eigenvalue weighted by Gasteiger charge is -2.14. The molecule has 5 nitrogen and oxygen atoms in total. The number of thioether (sulfide) groups is 1. The topological polar surface area (TPSA) is 54.7 Å². The van der Waals surface area contributed by atoms with Crippen LogP contribution in [0.25, 0.3) is 10.2 Å². The van der Waals surface area contributed by atoms with E-state index >= 15 is 0 Å². The number of aromatic nitrogens is 1. The monoisotopic (exact) mass is 387 g/mol. The number of fused-ring (bicyclic) bond motifs is 1. The van der Waals surface area contributed by atoms with Gasteiger partial charge >= 0.3 is 0 Å². The summed E-state index contributed by atoms with van der Waals surface area (Å²) in [5, 5.41) is 0. The van der Waals surface area contributed by atoms with Gasteiger partial charge in [-0.3, -0.25) is 9.59 Å². The maximum absolute atomic E-state index is 12.2. The first kappa shape index (κ1) is 18.7. The molecule has 0 unspecified atom stereocenters. The predicted octanol–water partition coefficient (Wildman–Crippen LogP) is 2.43. The highest BCUT2D eigenvalue weighted by atomic mass is 32.2. The Labute approximate surface area is 161 Å². The molecule has 136 valence electrons. The van der Waals surface area contributed by atoms with E-state index in [4.69, 9.17) is 6.42 Å². The molecule has 1 aromatic heterocycles. The van der Waals surface area contributed by atoms with Gasteiger partial charge in [-0.2, -0.15) is 4.99 Å². The SMILES string of the molecule is C#CCn1c(=NC(=O)CSCC(=O)N2CCCC2)sc2cc(C)ccc21.